The molecule has 1 atom stereocenters. The molecule has 2 aromatic rings. The molecule has 2 heterocycles. The number of fused-ring (bicyclic) bond motifs is 1. The zero-order chi connectivity index (χ0) is 11.8. The second kappa shape index (κ2) is 4.26. The molecule has 3 rings (SSSR count). The van der Waals surface area contributed by atoms with Crippen molar-refractivity contribution < 1.29 is 0 Å². The van der Waals surface area contributed by atoms with Gasteiger partial charge in [0.2, 0.25) is 5.95 Å². The number of halogens is 1. The SMILES string of the molecule is CC1CCN(c2ncc3c(Br)cccc3n2)C1. The van der Waals surface area contributed by atoms with E-state index in [1.165, 1.54) is 6.42 Å². The van der Waals surface area contributed by atoms with Crippen LogP contribution in [0.2, 0.25) is 0 Å². The molecule has 17 heavy (non-hydrogen) atoms. The Morgan fingerprint density at radius 1 is 1.41 bits per heavy atom. The van der Waals surface area contributed by atoms with E-state index in [2.05, 4.69) is 37.7 Å². The van der Waals surface area contributed by atoms with Crippen LogP contribution >= 0.6 is 15.9 Å². The largest absolute Gasteiger partial charge is 0.341 e. The van der Waals surface area contributed by atoms with Gasteiger partial charge in [-0.25, -0.2) is 9.97 Å². The van der Waals surface area contributed by atoms with Gasteiger partial charge in [-0.3, -0.25) is 0 Å². The number of nitrogens with zero attached hydrogens (tertiary/aromatic N) is 3. The van der Waals surface area contributed by atoms with E-state index in [1.54, 1.807) is 0 Å². The van der Waals surface area contributed by atoms with Gasteiger partial charge in [-0.2, -0.15) is 0 Å². The summed E-state index contributed by atoms with van der Waals surface area (Å²) in [6.07, 6.45) is 3.14. The van der Waals surface area contributed by atoms with Crippen molar-refractivity contribution in [3.63, 3.8) is 0 Å². The lowest BCUT2D eigenvalue weighted by atomic mass is 10.2. The lowest BCUT2D eigenvalue weighted by molar-refractivity contribution is 0.658. The first-order chi connectivity index (χ1) is 8.24. The first kappa shape index (κ1) is 11.0. The summed E-state index contributed by atoms with van der Waals surface area (Å²) in [5.74, 6) is 1.61. The molecule has 0 saturated carbocycles. The van der Waals surface area contributed by atoms with Gasteiger partial charge in [-0.1, -0.05) is 28.9 Å². The van der Waals surface area contributed by atoms with E-state index in [9.17, 15) is 0 Å². The molecular weight excluding hydrogens is 278 g/mol. The molecule has 1 aliphatic heterocycles. The van der Waals surface area contributed by atoms with E-state index >= 15 is 0 Å². The standard InChI is InChI=1S/C13H14BrN3/c1-9-5-6-17(8-9)13-15-7-10-11(14)3-2-4-12(10)16-13/h2-4,7,9H,5-6,8H2,1H3. The number of hydrogen-bond acceptors (Lipinski definition) is 3. The molecule has 1 fully saturated rings. The average Bonchev–Trinajstić information content (AvgIpc) is 2.76. The maximum absolute atomic E-state index is 4.64. The van der Waals surface area contributed by atoms with Gasteiger partial charge in [0.1, 0.15) is 0 Å². The minimum atomic E-state index is 0.747. The first-order valence-electron chi connectivity index (χ1n) is 5.90. The normalized spacial score (nSPS) is 20.1. The highest BCUT2D eigenvalue weighted by molar-refractivity contribution is 9.10. The predicted octanol–water partition coefficient (Wildman–Crippen LogP) is 3.24. The minimum absolute atomic E-state index is 0.747. The second-order valence-corrected chi connectivity index (χ2v) is 5.54. The van der Waals surface area contributed by atoms with Gasteiger partial charge >= 0.3 is 0 Å². The Labute approximate surface area is 109 Å². The van der Waals surface area contributed by atoms with Gasteiger partial charge in [-0.05, 0) is 24.5 Å². The van der Waals surface area contributed by atoms with Crippen LogP contribution in [0.5, 0.6) is 0 Å². The minimum Gasteiger partial charge on any atom is -0.341 e. The van der Waals surface area contributed by atoms with E-state index in [0.29, 0.717) is 0 Å². The van der Waals surface area contributed by atoms with Crippen molar-refractivity contribution in [2.75, 3.05) is 18.0 Å². The Hall–Kier alpha value is -1.16. The monoisotopic (exact) mass is 291 g/mol. The van der Waals surface area contributed by atoms with Crippen molar-refractivity contribution >= 4 is 32.8 Å². The first-order valence-corrected chi connectivity index (χ1v) is 6.69. The summed E-state index contributed by atoms with van der Waals surface area (Å²) in [4.78, 5) is 11.4. The Morgan fingerprint density at radius 2 is 2.29 bits per heavy atom. The van der Waals surface area contributed by atoms with Gasteiger partial charge in [0, 0.05) is 29.1 Å². The molecule has 1 unspecified atom stereocenters. The maximum atomic E-state index is 4.64. The topological polar surface area (TPSA) is 29.0 Å². The number of benzene rings is 1. The smallest absolute Gasteiger partial charge is 0.225 e. The van der Waals surface area contributed by atoms with Gasteiger partial charge in [0.05, 0.1) is 5.52 Å². The van der Waals surface area contributed by atoms with E-state index in [-0.39, 0.29) is 0 Å². The summed E-state index contributed by atoms with van der Waals surface area (Å²) in [5.41, 5.74) is 1.00. The highest BCUT2D eigenvalue weighted by atomic mass is 79.9. The lowest BCUT2D eigenvalue weighted by Gasteiger charge is -2.15. The van der Waals surface area contributed by atoms with Gasteiger partial charge in [0.25, 0.3) is 0 Å². The van der Waals surface area contributed by atoms with Crippen LogP contribution in [0.3, 0.4) is 0 Å². The third-order valence-corrected chi connectivity index (χ3v) is 3.96. The number of rotatable bonds is 1. The van der Waals surface area contributed by atoms with Gasteiger partial charge < -0.3 is 4.90 Å². The zero-order valence-electron chi connectivity index (χ0n) is 9.73. The Kier molecular flexibility index (Phi) is 2.74. The van der Waals surface area contributed by atoms with Crippen LogP contribution in [0, 0.1) is 5.92 Å². The summed E-state index contributed by atoms with van der Waals surface area (Å²) in [6, 6.07) is 6.06. The third-order valence-electron chi connectivity index (χ3n) is 3.27. The Balaban J connectivity index is 2.02. The van der Waals surface area contributed by atoms with Crippen molar-refractivity contribution in [3.8, 4) is 0 Å². The number of anilines is 1. The third kappa shape index (κ3) is 2.02. The van der Waals surface area contributed by atoms with Crippen molar-refractivity contribution in [1.82, 2.24) is 9.97 Å². The molecule has 0 aliphatic carbocycles. The Bertz CT molecular complexity index is 555. The summed E-state index contributed by atoms with van der Waals surface area (Å²) in [7, 11) is 0. The Morgan fingerprint density at radius 3 is 3.06 bits per heavy atom. The van der Waals surface area contributed by atoms with E-state index in [4.69, 9.17) is 0 Å². The van der Waals surface area contributed by atoms with Gasteiger partial charge in [-0.15, -0.1) is 0 Å². The van der Waals surface area contributed by atoms with Crippen LogP contribution in [0.4, 0.5) is 5.95 Å². The zero-order valence-corrected chi connectivity index (χ0v) is 11.3. The van der Waals surface area contributed by atoms with E-state index < -0.39 is 0 Å². The lowest BCUT2D eigenvalue weighted by Crippen LogP contribution is -2.21. The fourth-order valence-electron chi connectivity index (χ4n) is 2.28. The molecule has 1 aromatic carbocycles. The molecule has 1 saturated heterocycles. The molecule has 3 nitrogen and oxygen atoms in total. The van der Waals surface area contributed by atoms with Crippen LogP contribution in [0.15, 0.2) is 28.9 Å². The fourth-order valence-corrected chi connectivity index (χ4v) is 2.74. The van der Waals surface area contributed by atoms with Crippen LogP contribution in [0.25, 0.3) is 10.9 Å². The van der Waals surface area contributed by atoms with Crippen molar-refractivity contribution in [3.05, 3.63) is 28.9 Å². The van der Waals surface area contributed by atoms with Crippen LogP contribution in [-0.2, 0) is 0 Å². The van der Waals surface area contributed by atoms with Crippen molar-refractivity contribution in [2.45, 2.75) is 13.3 Å². The summed E-state index contributed by atoms with van der Waals surface area (Å²) in [6.45, 7) is 4.41. The summed E-state index contributed by atoms with van der Waals surface area (Å²) >= 11 is 3.52. The van der Waals surface area contributed by atoms with Crippen LogP contribution in [0.1, 0.15) is 13.3 Å². The van der Waals surface area contributed by atoms with Crippen molar-refractivity contribution in [2.24, 2.45) is 5.92 Å². The molecule has 0 amide bonds. The molecule has 0 bridgehead atoms. The predicted molar refractivity (Wildman–Crippen MR) is 73.2 cm³/mol. The molecule has 1 aliphatic rings. The van der Waals surface area contributed by atoms with Crippen molar-refractivity contribution in [1.29, 1.82) is 0 Å². The van der Waals surface area contributed by atoms with E-state index in [1.807, 2.05) is 24.4 Å². The number of aromatic nitrogens is 2. The second-order valence-electron chi connectivity index (χ2n) is 4.68. The average molecular weight is 292 g/mol. The molecule has 1 aromatic heterocycles. The van der Waals surface area contributed by atoms with Crippen LogP contribution in [-0.4, -0.2) is 23.1 Å². The van der Waals surface area contributed by atoms with Gasteiger partial charge in [0.15, 0.2) is 0 Å². The van der Waals surface area contributed by atoms with Crippen LogP contribution < -0.4 is 4.90 Å². The highest BCUT2D eigenvalue weighted by Gasteiger charge is 2.20. The molecule has 0 spiro atoms. The fraction of sp³-hybridized carbons (Fsp3) is 0.385. The summed E-state index contributed by atoms with van der Waals surface area (Å²) < 4.78 is 1.05. The van der Waals surface area contributed by atoms with E-state index in [0.717, 1.165) is 40.3 Å². The highest BCUT2D eigenvalue weighted by Crippen LogP contribution is 2.25. The molecule has 4 heteroatoms. The molecule has 0 radical (unpaired) electrons. The quantitative estimate of drug-likeness (QED) is 0.808. The molecule has 88 valence electrons. The molecular formula is C13H14BrN3. The number of hydrogen-bond donors (Lipinski definition) is 0. The molecule has 0 N–H and O–H groups in total. The summed E-state index contributed by atoms with van der Waals surface area (Å²) in [5, 5.41) is 1.07. The maximum Gasteiger partial charge on any atom is 0.225 e.